The monoisotopic (exact) mass is 227 g/mol. The van der Waals surface area contributed by atoms with E-state index in [1.54, 1.807) is 0 Å². The Morgan fingerprint density at radius 2 is 2.00 bits per heavy atom. The SMILES string of the molecule is CC(C[SH](C)C(N)=S)c1ccccc1. The molecule has 1 nitrogen and oxygen atoms in total. The van der Waals surface area contributed by atoms with Gasteiger partial charge >= 0.3 is 0 Å². The smallest absolute Gasteiger partial charge is 0.111 e. The van der Waals surface area contributed by atoms with Gasteiger partial charge in [-0.15, -0.1) is 0 Å². The zero-order chi connectivity index (χ0) is 10.6. The van der Waals surface area contributed by atoms with Gasteiger partial charge in [0.1, 0.15) is 4.32 Å². The molecule has 78 valence electrons. The lowest BCUT2D eigenvalue weighted by atomic mass is 10.0. The van der Waals surface area contributed by atoms with Crippen LogP contribution in [0.15, 0.2) is 30.3 Å². The predicted molar refractivity (Wildman–Crippen MR) is 71.4 cm³/mol. The molecule has 0 aliphatic rings. The summed E-state index contributed by atoms with van der Waals surface area (Å²) >= 11 is 4.99. The lowest BCUT2D eigenvalue weighted by molar-refractivity contribution is 0.880. The lowest BCUT2D eigenvalue weighted by Crippen LogP contribution is -2.12. The summed E-state index contributed by atoms with van der Waals surface area (Å²) in [6, 6.07) is 10.5. The highest BCUT2D eigenvalue weighted by Gasteiger charge is 2.09. The molecular formula is C11H17NS2. The van der Waals surface area contributed by atoms with Gasteiger partial charge < -0.3 is 5.73 Å². The van der Waals surface area contributed by atoms with Gasteiger partial charge in [0.25, 0.3) is 0 Å². The fraction of sp³-hybridized carbons (Fsp3) is 0.364. The van der Waals surface area contributed by atoms with E-state index in [0.717, 1.165) is 5.75 Å². The van der Waals surface area contributed by atoms with Gasteiger partial charge in [0.05, 0.1) is 0 Å². The van der Waals surface area contributed by atoms with Crippen LogP contribution in [-0.4, -0.2) is 16.3 Å². The Labute approximate surface area is 94.0 Å². The number of nitrogens with two attached hydrogens (primary N) is 1. The molecule has 0 spiro atoms. The molecule has 0 aliphatic carbocycles. The molecule has 14 heavy (non-hydrogen) atoms. The zero-order valence-electron chi connectivity index (χ0n) is 8.60. The van der Waals surface area contributed by atoms with Crippen molar-refractivity contribution in [2.45, 2.75) is 12.8 Å². The molecule has 0 aliphatic heterocycles. The van der Waals surface area contributed by atoms with E-state index in [1.807, 2.05) is 6.07 Å². The van der Waals surface area contributed by atoms with Gasteiger partial charge in [-0.3, -0.25) is 0 Å². The largest absolute Gasteiger partial charge is 0.386 e. The van der Waals surface area contributed by atoms with E-state index >= 15 is 0 Å². The van der Waals surface area contributed by atoms with Crippen LogP contribution in [0.5, 0.6) is 0 Å². The van der Waals surface area contributed by atoms with Gasteiger partial charge in [0, 0.05) is 0 Å². The fourth-order valence-corrected chi connectivity index (χ4v) is 2.82. The van der Waals surface area contributed by atoms with E-state index in [-0.39, 0.29) is 10.9 Å². The Hall–Kier alpha value is -0.540. The van der Waals surface area contributed by atoms with Crippen molar-refractivity contribution in [1.82, 2.24) is 0 Å². The van der Waals surface area contributed by atoms with Crippen LogP contribution in [0.4, 0.5) is 0 Å². The molecule has 0 heterocycles. The summed E-state index contributed by atoms with van der Waals surface area (Å²) in [5.41, 5.74) is 7.00. The minimum Gasteiger partial charge on any atom is -0.386 e. The minimum absolute atomic E-state index is 0.293. The first-order valence-electron chi connectivity index (χ1n) is 4.66. The van der Waals surface area contributed by atoms with Crippen molar-refractivity contribution in [1.29, 1.82) is 0 Å². The first-order chi connectivity index (χ1) is 6.61. The maximum atomic E-state index is 5.62. The summed E-state index contributed by atoms with van der Waals surface area (Å²) in [7, 11) is -0.293. The van der Waals surface area contributed by atoms with E-state index in [9.17, 15) is 0 Å². The second-order valence-electron chi connectivity index (χ2n) is 3.53. The maximum Gasteiger partial charge on any atom is 0.111 e. The first-order valence-corrected chi connectivity index (χ1v) is 7.05. The molecule has 0 saturated heterocycles. The van der Waals surface area contributed by atoms with Gasteiger partial charge in [0.15, 0.2) is 0 Å². The highest BCUT2D eigenvalue weighted by Crippen LogP contribution is 2.28. The molecule has 1 rings (SSSR count). The number of benzene rings is 1. The summed E-state index contributed by atoms with van der Waals surface area (Å²) < 4.78 is 0.683. The van der Waals surface area contributed by atoms with Gasteiger partial charge in [-0.1, -0.05) is 49.5 Å². The van der Waals surface area contributed by atoms with Crippen molar-refractivity contribution in [3.63, 3.8) is 0 Å². The second-order valence-corrected chi connectivity index (χ2v) is 6.52. The van der Waals surface area contributed by atoms with E-state index in [1.165, 1.54) is 5.56 Å². The van der Waals surface area contributed by atoms with Crippen LogP contribution in [0.3, 0.4) is 0 Å². The van der Waals surface area contributed by atoms with Crippen molar-refractivity contribution < 1.29 is 0 Å². The number of hydrogen-bond donors (Lipinski definition) is 2. The van der Waals surface area contributed by atoms with Crippen LogP contribution in [0.25, 0.3) is 0 Å². The Morgan fingerprint density at radius 3 is 2.50 bits per heavy atom. The summed E-state index contributed by atoms with van der Waals surface area (Å²) in [6.07, 6.45) is 2.15. The molecular weight excluding hydrogens is 210 g/mol. The molecule has 1 aromatic carbocycles. The normalized spacial score (nSPS) is 16.0. The van der Waals surface area contributed by atoms with Gasteiger partial charge in [-0.25, -0.2) is 10.9 Å². The topological polar surface area (TPSA) is 26.0 Å². The van der Waals surface area contributed by atoms with Crippen LogP contribution in [0.1, 0.15) is 18.4 Å². The molecule has 0 radical (unpaired) electrons. The predicted octanol–water partition coefficient (Wildman–Crippen LogP) is 2.66. The third-order valence-electron chi connectivity index (χ3n) is 2.29. The summed E-state index contributed by atoms with van der Waals surface area (Å²) in [4.78, 5) is 0. The third kappa shape index (κ3) is 3.31. The molecule has 3 heteroatoms. The van der Waals surface area contributed by atoms with Crippen molar-refractivity contribution >= 4 is 27.4 Å². The number of rotatable bonds is 3. The average molecular weight is 227 g/mol. The molecule has 2 N–H and O–H groups in total. The van der Waals surface area contributed by atoms with Crippen LogP contribution >= 0.6 is 23.1 Å². The first kappa shape index (κ1) is 11.5. The molecule has 0 saturated carbocycles. The quantitative estimate of drug-likeness (QED) is 0.613. The van der Waals surface area contributed by atoms with Crippen LogP contribution in [-0.2, 0) is 0 Å². The van der Waals surface area contributed by atoms with Gasteiger partial charge in [-0.2, -0.15) is 0 Å². The van der Waals surface area contributed by atoms with Gasteiger partial charge in [-0.05, 0) is 23.5 Å². The Morgan fingerprint density at radius 1 is 1.43 bits per heavy atom. The molecule has 0 amide bonds. The van der Waals surface area contributed by atoms with Crippen molar-refractivity contribution in [2.75, 3.05) is 12.0 Å². The summed E-state index contributed by atoms with van der Waals surface area (Å²) in [6.45, 7) is 2.23. The molecule has 0 fully saturated rings. The van der Waals surface area contributed by atoms with Crippen LogP contribution in [0, 0.1) is 0 Å². The van der Waals surface area contributed by atoms with Crippen molar-refractivity contribution in [3.05, 3.63) is 35.9 Å². The Bertz CT molecular complexity index is 297. The molecule has 1 aromatic rings. The number of thiol groups is 1. The van der Waals surface area contributed by atoms with E-state index < -0.39 is 0 Å². The number of hydrogen-bond acceptors (Lipinski definition) is 1. The lowest BCUT2D eigenvalue weighted by Gasteiger charge is -2.19. The Kier molecular flexibility index (Phi) is 4.42. The second kappa shape index (κ2) is 5.37. The van der Waals surface area contributed by atoms with Crippen molar-refractivity contribution in [2.24, 2.45) is 5.73 Å². The molecule has 0 aromatic heterocycles. The van der Waals surface area contributed by atoms with Gasteiger partial charge in [0.2, 0.25) is 0 Å². The summed E-state index contributed by atoms with van der Waals surface area (Å²) in [5.74, 6) is 1.64. The molecule has 2 unspecified atom stereocenters. The van der Waals surface area contributed by atoms with E-state index in [0.29, 0.717) is 10.2 Å². The number of thiocarbonyl (C=S) groups is 1. The van der Waals surface area contributed by atoms with E-state index in [2.05, 4.69) is 37.4 Å². The highest BCUT2D eigenvalue weighted by atomic mass is 32.2. The summed E-state index contributed by atoms with van der Waals surface area (Å²) in [5, 5.41) is 0. The zero-order valence-corrected chi connectivity index (χ0v) is 10.3. The van der Waals surface area contributed by atoms with Crippen LogP contribution < -0.4 is 5.73 Å². The van der Waals surface area contributed by atoms with Crippen LogP contribution in [0.2, 0.25) is 0 Å². The van der Waals surface area contributed by atoms with E-state index in [4.69, 9.17) is 18.0 Å². The van der Waals surface area contributed by atoms with Crippen molar-refractivity contribution in [3.8, 4) is 0 Å². The minimum atomic E-state index is -0.293. The average Bonchev–Trinajstić information content (AvgIpc) is 2.19. The fourth-order valence-electron chi connectivity index (χ4n) is 1.39. The Balaban J connectivity index is 2.59. The molecule has 2 atom stereocenters. The maximum absolute atomic E-state index is 5.62. The highest BCUT2D eigenvalue weighted by molar-refractivity contribution is 8.35. The standard InChI is InChI=1S/C11H17NS2/c1-9(8-14(2)11(12)13)10-6-4-3-5-7-10/h3-7,9,14H,8H2,1-2H3,(H2,12,13). The third-order valence-corrected chi connectivity index (χ3v) is 5.08. The molecule has 0 bridgehead atoms.